The minimum absolute atomic E-state index is 0.498. The average Bonchev–Trinajstić information content (AvgIpc) is 2.86. The Kier molecular flexibility index (Phi) is 4.61. The molecule has 0 amide bonds. The van der Waals surface area contributed by atoms with Gasteiger partial charge in [0.15, 0.2) is 0 Å². The van der Waals surface area contributed by atoms with Crippen molar-refractivity contribution in [1.29, 1.82) is 0 Å². The fraction of sp³-hybridized carbons (Fsp3) is 0.471. The molecule has 0 saturated carbocycles. The summed E-state index contributed by atoms with van der Waals surface area (Å²) in [5, 5.41) is 15.1. The number of rotatable bonds is 5. The van der Waals surface area contributed by atoms with E-state index in [1.807, 2.05) is 10.7 Å². The molecule has 0 aliphatic heterocycles. The highest BCUT2D eigenvalue weighted by Crippen LogP contribution is 2.23. The van der Waals surface area contributed by atoms with Crippen LogP contribution in [0, 0.1) is 13.8 Å². The topological polar surface area (TPSA) is 38.0 Å². The van der Waals surface area contributed by atoms with Gasteiger partial charge in [0.1, 0.15) is 0 Å². The molecule has 0 fully saturated rings. The van der Waals surface area contributed by atoms with Crippen LogP contribution < -0.4 is 0 Å². The minimum atomic E-state index is -0.498. The molecular formula is C17H24N2O. The molecule has 0 spiro atoms. The van der Waals surface area contributed by atoms with Crippen molar-refractivity contribution in [2.45, 2.75) is 53.2 Å². The van der Waals surface area contributed by atoms with Gasteiger partial charge in [-0.25, -0.2) is 0 Å². The van der Waals surface area contributed by atoms with Crippen LogP contribution in [0.25, 0.3) is 0 Å². The van der Waals surface area contributed by atoms with E-state index in [-0.39, 0.29) is 0 Å². The number of nitrogens with zero attached hydrogens (tertiary/aromatic N) is 2. The standard InChI is InChI=1S/C17H24N2O/c1-5-14-10-16(19(6-2)18-14)17(20)11-15-12(3)8-7-9-13(15)4/h7-10,17,20H,5-6,11H2,1-4H3. The Morgan fingerprint density at radius 3 is 2.40 bits per heavy atom. The van der Waals surface area contributed by atoms with E-state index in [0.717, 1.165) is 24.4 Å². The third-order valence-electron chi connectivity index (χ3n) is 3.91. The molecule has 3 heteroatoms. The van der Waals surface area contributed by atoms with Gasteiger partial charge in [-0.3, -0.25) is 4.68 Å². The van der Waals surface area contributed by atoms with E-state index in [9.17, 15) is 5.11 Å². The lowest BCUT2D eigenvalue weighted by Gasteiger charge is -2.15. The molecule has 0 bridgehead atoms. The zero-order valence-electron chi connectivity index (χ0n) is 12.8. The smallest absolute Gasteiger partial charge is 0.0997 e. The predicted molar refractivity (Wildman–Crippen MR) is 81.9 cm³/mol. The largest absolute Gasteiger partial charge is 0.386 e. The molecule has 2 aromatic rings. The van der Waals surface area contributed by atoms with Gasteiger partial charge in [0, 0.05) is 13.0 Å². The van der Waals surface area contributed by atoms with Gasteiger partial charge in [0.25, 0.3) is 0 Å². The molecule has 1 atom stereocenters. The van der Waals surface area contributed by atoms with Gasteiger partial charge in [0.05, 0.1) is 17.5 Å². The van der Waals surface area contributed by atoms with Crippen molar-refractivity contribution in [2.24, 2.45) is 0 Å². The first-order valence-electron chi connectivity index (χ1n) is 7.36. The van der Waals surface area contributed by atoms with Crippen molar-refractivity contribution < 1.29 is 5.11 Å². The predicted octanol–water partition coefficient (Wildman–Crippen LogP) is 3.36. The number of aryl methyl sites for hydroxylation is 4. The molecule has 1 unspecified atom stereocenters. The summed E-state index contributed by atoms with van der Waals surface area (Å²) in [6.07, 6.45) is 1.05. The Hall–Kier alpha value is -1.61. The van der Waals surface area contributed by atoms with Crippen molar-refractivity contribution >= 4 is 0 Å². The number of aromatic nitrogens is 2. The average molecular weight is 272 g/mol. The molecule has 0 radical (unpaired) electrons. The first-order valence-corrected chi connectivity index (χ1v) is 7.36. The SMILES string of the molecule is CCc1cc(C(O)Cc2c(C)cccc2C)n(CC)n1. The Bertz CT molecular complexity index is 566. The maximum atomic E-state index is 10.6. The van der Waals surface area contributed by atoms with Gasteiger partial charge in [-0.1, -0.05) is 25.1 Å². The number of benzene rings is 1. The highest BCUT2D eigenvalue weighted by molar-refractivity contribution is 5.34. The Morgan fingerprint density at radius 2 is 1.85 bits per heavy atom. The minimum Gasteiger partial charge on any atom is -0.386 e. The van der Waals surface area contributed by atoms with E-state index in [4.69, 9.17) is 0 Å². The van der Waals surface area contributed by atoms with Crippen molar-refractivity contribution in [3.05, 3.63) is 52.3 Å². The number of aliphatic hydroxyl groups is 1. The number of hydrogen-bond donors (Lipinski definition) is 1. The molecule has 0 aliphatic carbocycles. The van der Waals surface area contributed by atoms with Gasteiger partial charge >= 0.3 is 0 Å². The van der Waals surface area contributed by atoms with E-state index >= 15 is 0 Å². The van der Waals surface area contributed by atoms with Crippen LogP contribution in [0.15, 0.2) is 24.3 Å². The Morgan fingerprint density at radius 1 is 1.20 bits per heavy atom. The quantitative estimate of drug-likeness (QED) is 0.906. The van der Waals surface area contributed by atoms with Gasteiger partial charge in [-0.2, -0.15) is 5.10 Å². The summed E-state index contributed by atoms with van der Waals surface area (Å²) < 4.78 is 1.91. The van der Waals surface area contributed by atoms with E-state index in [1.165, 1.54) is 16.7 Å². The molecule has 1 aromatic heterocycles. The van der Waals surface area contributed by atoms with Crippen LogP contribution in [-0.2, 0) is 19.4 Å². The summed E-state index contributed by atoms with van der Waals surface area (Å²) in [6.45, 7) is 9.14. The highest BCUT2D eigenvalue weighted by Gasteiger charge is 2.17. The summed E-state index contributed by atoms with van der Waals surface area (Å²) in [5.41, 5.74) is 5.68. The van der Waals surface area contributed by atoms with Gasteiger partial charge in [-0.15, -0.1) is 0 Å². The first kappa shape index (κ1) is 14.8. The van der Waals surface area contributed by atoms with Crippen LogP contribution in [0.5, 0.6) is 0 Å². The molecule has 20 heavy (non-hydrogen) atoms. The van der Waals surface area contributed by atoms with E-state index in [1.54, 1.807) is 0 Å². The number of aliphatic hydroxyl groups excluding tert-OH is 1. The highest BCUT2D eigenvalue weighted by atomic mass is 16.3. The van der Waals surface area contributed by atoms with Crippen molar-refractivity contribution in [3.8, 4) is 0 Å². The van der Waals surface area contributed by atoms with Crippen molar-refractivity contribution in [2.75, 3.05) is 0 Å². The summed E-state index contributed by atoms with van der Waals surface area (Å²) in [4.78, 5) is 0. The van der Waals surface area contributed by atoms with Crippen LogP contribution in [0.4, 0.5) is 0 Å². The third-order valence-corrected chi connectivity index (χ3v) is 3.91. The summed E-state index contributed by atoms with van der Waals surface area (Å²) in [6, 6.07) is 8.29. The van der Waals surface area contributed by atoms with Crippen LogP contribution in [0.2, 0.25) is 0 Å². The second kappa shape index (κ2) is 6.23. The van der Waals surface area contributed by atoms with E-state index in [0.29, 0.717) is 6.42 Å². The number of hydrogen-bond acceptors (Lipinski definition) is 2. The van der Waals surface area contributed by atoms with Crippen LogP contribution in [0.1, 0.15) is 48.0 Å². The Balaban J connectivity index is 2.28. The van der Waals surface area contributed by atoms with Crippen molar-refractivity contribution in [1.82, 2.24) is 9.78 Å². The van der Waals surface area contributed by atoms with Gasteiger partial charge in [0.2, 0.25) is 0 Å². The molecular weight excluding hydrogens is 248 g/mol. The summed E-state index contributed by atoms with van der Waals surface area (Å²) in [5.74, 6) is 0. The molecule has 2 rings (SSSR count). The normalized spacial score (nSPS) is 12.7. The molecule has 1 N–H and O–H groups in total. The molecule has 1 aromatic carbocycles. The first-order chi connectivity index (χ1) is 9.56. The lowest BCUT2D eigenvalue weighted by molar-refractivity contribution is 0.166. The van der Waals surface area contributed by atoms with E-state index < -0.39 is 6.10 Å². The third kappa shape index (κ3) is 2.93. The molecule has 3 nitrogen and oxygen atoms in total. The zero-order chi connectivity index (χ0) is 14.7. The van der Waals surface area contributed by atoms with Crippen LogP contribution >= 0.6 is 0 Å². The van der Waals surface area contributed by atoms with Gasteiger partial charge < -0.3 is 5.11 Å². The fourth-order valence-corrected chi connectivity index (χ4v) is 2.65. The lowest BCUT2D eigenvalue weighted by atomic mass is 9.96. The molecule has 0 saturated heterocycles. The zero-order valence-corrected chi connectivity index (χ0v) is 12.8. The monoisotopic (exact) mass is 272 g/mol. The fourth-order valence-electron chi connectivity index (χ4n) is 2.65. The van der Waals surface area contributed by atoms with Crippen LogP contribution in [-0.4, -0.2) is 14.9 Å². The maximum Gasteiger partial charge on any atom is 0.0997 e. The summed E-state index contributed by atoms with van der Waals surface area (Å²) >= 11 is 0. The molecule has 108 valence electrons. The van der Waals surface area contributed by atoms with E-state index in [2.05, 4.69) is 51.0 Å². The maximum absolute atomic E-state index is 10.6. The second-order valence-electron chi connectivity index (χ2n) is 5.32. The Labute approximate surface area is 121 Å². The van der Waals surface area contributed by atoms with Crippen LogP contribution in [0.3, 0.4) is 0 Å². The molecule has 0 aliphatic rings. The summed E-state index contributed by atoms with van der Waals surface area (Å²) in [7, 11) is 0. The second-order valence-corrected chi connectivity index (χ2v) is 5.32. The molecule has 1 heterocycles. The lowest BCUT2D eigenvalue weighted by Crippen LogP contribution is -2.11. The van der Waals surface area contributed by atoms with Gasteiger partial charge in [-0.05, 0) is 49.9 Å². The van der Waals surface area contributed by atoms with Crippen molar-refractivity contribution in [3.63, 3.8) is 0 Å².